The van der Waals surface area contributed by atoms with Crippen LogP contribution in [0, 0.1) is 5.92 Å². The van der Waals surface area contributed by atoms with Crippen LogP contribution in [0.25, 0.3) is 0 Å². The molecule has 1 aliphatic rings. The molecule has 0 aliphatic heterocycles. The highest BCUT2D eigenvalue weighted by molar-refractivity contribution is 7.99. The monoisotopic (exact) mass is 197 g/mol. The Hall–Kier alpha value is -0.480. The fraction of sp³-hybridized carbons (Fsp3) is 0.667. The van der Waals surface area contributed by atoms with E-state index in [1.165, 1.54) is 12.8 Å². The first kappa shape index (κ1) is 9.09. The van der Waals surface area contributed by atoms with Crippen LogP contribution < -0.4 is 5.73 Å². The van der Waals surface area contributed by atoms with Crippen LogP contribution in [0.2, 0.25) is 0 Å². The summed E-state index contributed by atoms with van der Waals surface area (Å²) >= 11 is 1.76. The fourth-order valence-corrected chi connectivity index (χ4v) is 2.34. The van der Waals surface area contributed by atoms with Crippen molar-refractivity contribution in [2.75, 3.05) is 5.75 Å². The lowest BCUT2D eigenvalue weighted by Crippen LogP contribution is -2.25. The third-order valence-corrected chi connectivity index (χ3v) is 3.61. The second-order valence-electron chi connectivity index (χ2n) is 3.63. The standard InChI is InChI=1S/C9H15N3S/c1-12-5-4-11-9(12)13-6-8(10)7-2-3-7/h4-5,7-8H,2-3,6,10H2,1H3. The van der Waals surface area contributed by atoms with Crippen LogP contribution in [0.5, 0.6) is 0 Å². The third kappa shape index (κ3) is 2.25. The van der Waals surface area contributed by atoms with Gasteiger partial charge >= 0.3 is 0 Å². The highest BCUT2D eigenvalue weighted by atomic mass is 32.2. The average molecular weight is 197 g/mol. The Morgan fingerprint density at radius 1 is 1.77 bits per heavy atom. The smallest absolute Gasteiger partial charge is 0.167 e. The highest BCUT2D eigenvalue weighted by Crippen LogP contribution is 2.33. The molecule has 1 heterocycles. The molecule has 0 aromatic carbocycles. The first-order chi connectivity index (χ1) is 6.27. The molecule has 1 saturated carbocycles. The molecule has 4 heteroatoms. The van der Waals surface area contributed by atoms with Crippen LogP contribution in [0.3, 0.4) is 0 Å². The summed E-state index contributed by atoms with van der Waals surface area (Å²) in [5.74, 6) is 1.78. The Labute approximate surface area is 82.7 Å². The Bertz CT molecular complexity index is 280. The fourth-order valence-electron chi connectivity index (χ4n) is 1.32. The maximum absolute atomic E-state index is 5.99. The van der Waals surface area contributed by atoms with Crippen molar-refractivity contribution in [2.24, 2.45) is 18.7 Å². The number of nitrogens with two attached hydrogens (primary N) is 1. The lowest BCUT2D eigenvalue weighted by Gasteiger charge is -2.08. The van der Waals surface area contributed by atoms with Gasteiger partial charge in [0, 0.05) is 31.2 Å². The molecule has 72 valence electrons. The summed E-state index contributed by atoms with van der Waals surface area (Å²) in [5, 5.41) is 1.07. The molecular weight excluding hydrogens is 182 g/mol. The molecule has 3 nitrogen and oxygen atoms in total. The molecule has 0 spiro atoms. The second-order valence-corrected chi connectivity index (χ2v) is 4.62. The van der Waals surface area contributed by atoms with Crippen molar-refractivity contribution in [3.8, 4) is 0 Å². The van der Waals surface area contributed by atoms with Gasteiger partial charge in [0.05, 0.1) is 0 Å². The zero-order valence-corrected chi connectivity index (χ0v) is 8.63. The third-order valence-electron chi connectivity index (χ3n) is 2.41. The van der Waals surface area contributed by atoms with E-state index >= 15 is 0 Å². The number of imidazole rings is 1. The summed E-state index contributed by atoms with van der Waals surface area (Å²) in [4.78, 5) is 4.24. The van der Waals surface area contributed by atoms with Gasteiger partial charge in [-0.2, -0.15) is 0 Å². The van der Waals surface area contributed by atoms with Crippen LogP contribution in [-0.2, 0) is 7.05 Å². The number of aromatic nitrogens is 2. The minimum Gasteiger partial charge on any atom is -0.329 e. The predicted molar refractivity (Wildman–Crippen MR) is 54.6 cm³/mol. The molecule has 1 unspecified atom stereocenters. The van der Waals surface area contributed by atoms with E-state index in [0.29, 0.717) is 6.04 Å². The van der Waals surface area contributed by atoms with Crippen molar-refractivity contribution >= 4 is 11.8 Å². The van der Waals surface area contributed by atoms with Gasteiger partial charge in [0.25, 0.3) is 0 Å². The molecule has 0 amide bonds. The minimum atomic E-state index is 0.363. The Morgan fingerprint density at radius 3 is 3.08 bits per heavy atom. The minimum absolute atomic E-state index is 0.363. The number of rotatable bonds is 4. The molecule has 1 atom stereocenters. The van der Waals surface area contributed by atoms with Crippen LogP contribution in [0.1, 0.15) is 12.8 Å². The molecular formula is C9H15N3S. The molecule has 1 aromatic rings. The van der Waals surface area contributed by atoms with Gasteiger partial charge in [-0.25, -0.2) is 4.98 Å². The maximum atomic E-state index is 5.99. The molecule has 2 rings (SSSR count). The number of hydrogen-bond donors (Lipinski definition) is 1. The topological polar surface area (TPSA) is 43.8 Å². The summed E-state index contributed by atoms with van der Waals surface area (Å²) in [5.41, 5.74) is 5.99. The first-order valence-corrected chi connectivity index (χ1v) is 5.61. The van der Waals surface area contributed by atoms with Gasteiger partial charge in [-0.3, -0.25) is 0 Å². The number of aryl methyl sites for hydroxylation is 1. The summed E-state index contributed by atoms with van der Waals surface area (Å²) in [6.07, 6.45) is 6.43. The molecule has 1 fully saturated rings. The van der Waals surface area contributed by atoms with Crippen molar-refractivity contribution < 1.29 is 0 Å². The van der Waals surface area contributed by atoms with Gasteiger partial charge < -0.3 is 10.3 Å². The number of thioether (sulfide) groups is 1. The summed E-state index contributed by atoms with van der Waals surface area (Å²) in [7, 11) is 2.01. The average Bonchev–Trinajstić information content (AvgIpc) is 2.88. The highest BCUT2D eigenvalue weighted by Gasteiger charge is 2.28. The van der Waals surface area contributed by atoms with Gasteiger partial charge in [0.2, 0.25) is 0 Å². The van der Waals surface area contributed by atoms with E-state index in [2.05, 4.69) is 4.98 Å². The normalized spacial score (nSPS) is 18.9. The van der Waals surface area contributed by atoms with Gasteiger partial charge in [-0.1, -0.05) is 11.8 Å². The van der Waals surface area contributed by atoms with Gasteiger partial charge in [-0.15, -0.1) is 0 Å². The van der Waals surface area contributed by atoms with Crippen molar-refractivity contribution in [1.29, 1.82) is 0 Å². The van der Waals surface area contributed by atoms with E-state index in [-0.39, 0.29) is 0 Å². The Morgan fingerprint density at radius 2 is 2.54 bits per heavy atom. The molecule has 2 N–H and O–H groups in total. The van der Waals surface area contributed by atoms with Gasteiger partial charge in [-0.05, 0) is 18.8 Å². The Kier molecular flexibility index (Phi) is 2.60. The van der Waals surface area contributed by atoms with Crippen LogP contribution in [0.15, 0.2) is 17.6 Å². The van der Waals surface area contributed by atoms with Crippen molar-refractivity contribution in [3.05, 3.63) is 12.4 Å². The SMILES string of the molecule is Cn1ccnc1SCC(N)C1CC1. The first-order valence-electron chi connectivity index (χ1n) is 4.63. The summed E-state index contributed by atoms with van der Waals surface area (Å²) in [6, 6.07) is 0.363. The molecule has 13 heavy (non-hydrogen) atoms. The maximum Gasteiger partial charge on any atom is 0.167 e. The van der Waals surface area contributed by atoms with Crippen LogP contribution in [-0.4, -0.2) is 21.3 Å². The van der Waals surface area contributed by atoms with Gasteiger partial charge in [0.15, 0.2) is 5.16 Å². The Balaban J connectivity index is 1.81. The second kappa shape index (κ2) is 3.72. The molecule has 0 saturated heterocycles. The predicted octanol–water partition coefficient (Wildman–Crippen LogP) is 1.25. The molecule has 1 aliphatic carbocycles. The largest absolute Gasteiger partial charge is 0.329 e. The van der Waals surface area contributed by atoms with Crippen molar-refractivity contribution in [2.45, 2.75) is 24.0 Å². The molecule has 1 aromatic heterocycles. The number of nitrogens with zero attached hydrogens (tertiary/aromatic N) is 2. The lowest BCUT2D eigenvalue weighted by molar-refractivity contribution is 0.657. The zero-order valence-electron chi connectivity index (χ0n) is 7.81. The summed E-state index contributed by atoms with van der Waals surface area (Å²) < 4.78 is 2.03. The molecule has 0 bridgehead atoms. The quantitative estimate of drug-likeness (QED) is 0.739. The lowest BCUT2D eigenvalue weighted by atomic mass is 10.2. The summed E-state index contributed by atoms with van der Waals surface area (Å²) in [6.45, 7) is 0. The van der Waals surface area contributed by atoms with Crippen molar-refractivity contribution in [3.63, 3.8) is 0 Å². The zero-order chi connectivity index (χ0) is 9.26. The van der Waals surface area contributed by atoms with Crippen LogP contribution in [0.4, 0.5) is 0 Å². The van der Waals surface area contributed by atoms with E-state index < -0.39 is 0 Å². The van der Waals surface area contributed by atoms with E-state index in [1.54, 1.807) is 11.8 Å². The van der Waals surface area contributed by atoms with E-state index in [0.717, 1.165) is 16.8 Å². The van der Waals surface area contributed by atoms with Crippen molar-refractivity contribution in [1.82, 2.24) is 9.55 Å². The van der Waals surface area contributed by atoms with E-state index in [9.17, 15) is 0 Å². The van der Waals surface area contributed by atoms with Crippen LogP contribution >= 0.6 is 11.8 Å². The van der Waals surface area contributed by atoms with E-state index in [4.69, 9.17) is 5.73 Å². The van der Waals surface area contributed by atoms with Gasteiger partial charge in [0.1, 0.15) is 0 Å². The van der Waals surface area contributed by atoms with E-state index in [1.807, 2.05) is 24.0 Å². The molecule has 0 radical (unpaired) electrons. The number of hydrogen-bond acceptors (Lipinski definition) is 3.